The van der Waals surface area contributed by atoms with Crippen LogP contribution in [0.2, 0.25) is 0 Å². The van der Waals surface area contributed by atoms with Crippen molar-refractivity contribution < 1.29 is 13.9 Å². The molecule has 1 aromatic rings. The van der Waals surface area contributed by atoms with E-state index in [1.54, 1.807) is 0 Å². The van der Waals surface area contributed by atoms with E-state index in [0.29, 0.717) is 0 Å². The molecule has 1 N–H and O–H groups in total. The van der Waals surface area contributed by atoms with Crippen LogP contribution < -0.4 is 0 Å². The highest BCUT2D eigenvalue weighted by molar-refractivity contribution is 5.10. The minimum absolute atomic E-state index is 0.265. The number of rotatable bonds is 3. The van der Waals surface area contributed by atoms with Crippen LogP contribution in [0.15, 0.2) is 18.7 Å². The zero-order chi connectivity index (χ0) is 9.03. The van der Waals surface area contributed by atoms with Crippen LogP contribution in [0.4, 0.5) is 8.78 Å². The monoisotopic (exact) mass is 174 g/mol. The summed E-state index contributed by atoms with van der Waals surface area (Å²) in [5, 5.41) is 8.34. The van der Waals surface area contributed by atoms with Crippen molar-refractivity contribution in [3.63, 3.8) is 0 Å². The van der Waals surface area contributed by atoms with Crippen LogP contribution in [0.5, 0.6) is 0 Å². The van der Waals surface area contributed by atoms with Gasteiger partial charge in [0.2, 0.25) is 0 Å². The van der Waals surface area contributed by atoms with Gasteiger partial charge in [-0.3, -0.25) is 0 Å². The van der Waals surface area contributed by atoms with Gasteiger partial charge in [0.05, 0.1) is 5.56 Å². The molecule has 0 amide bonds. The van der Waals surface area contributed by atoms with E-state index in [-0.39, 0.29) is 5.56 Å². The number of nitrogens with zero attached hydrogens (tertiary/aromatic N) is 2. The molecule has 0 aliphatic carbocycles. The van der Waals surface area contributed by atoms with Crippen LogP contribution in [0.1, 0.15) is 12.0 Å². The zero-order valence-corrected chi connectivity index (χ0v) is 6.24. The largest absolute Gasteiger partial charge is 0.396 e. The maximum atomic E-state index is 12.9. The Labute approximate surface area is 68.1 Å². The number of hydrogen-bond acceptors (Lipinski definition) is 3. The summed E-state index contributed by atoms with van der Waals surface area (Å²) in [5.74, 6) is -3.03. The van der Waals surface area contributed by atoms with Gasteiger partial charge in [-0.15, -0.1) is 0 Å². The summed E-state index contributed by atoms with van der Waals surface area (Å²) in [6, 6.07) is 0. The van der Waals surface area contributed by atoms with Crippen LogP contribution >= 0.6 is 0 Å². The van der Waals surface area contributed by atoms with E-state index in [1.165, 1.54) is 6.33 Å². The molecule has 0 aliphatic rings. The molecule has 12 heavy (non-hydrogen) atoms. The fraction of sp³-hybridized carbons (Fsp3) is 0.429. The fourth-order valence-electron chi connectivity index (χ4n) is 0.773. The molecular weight excluding hydrogens is 166 g/mol. The van der Waals surface area contributed by atoms with Gasteiger partial charge in [-0.05, 0) is 0 Å². The highest BCUT2D eigenvalue weighted by Gasteiger charge is 2.31. The Hall–Kier alpha value is -1.10. The van der Waals surface area contributed by atoms with Crippen molar-refractivity contribution in [3.8, 4) is 0 Å². The first-order valence-electron chi connectivity index (χ1n) is 3.41. The second-order valence-electron chi connectivity index (χ2n) is 2.31. The molecule has 1 heterocycles. The third kappa shape index (κ3) is 1.94. The maximum Gasteiger partial charge on any atom is 0.278 e. The summed E-state index contributed by atoms with van der Waals surface area (Å²) in [5.41, 5.74) is -0.265. The number of halogens is 2. The van der Waals surface area contributed by atoms with E-state index in [9.17, 15) is 8.78 Å². The molecule has 0 unspecified atom stereocenters. The summed E-state index contributed by atoms with van der Waals surface area (Å²) < 4.78 is 25.8. The Kier molecular flexibility index (Phi) is 2.65. The van der Waals surface area contributed by atoms with Gasteiger partial charge in [-0.2, -0.15) is 0 Å². The van der Waals surface area contributed by atoms with Crippen LogP contribution in [-0.4, -0.2) is 21.7 Å². The molecule has 0 spiro atoms. The second-order valence-corrected chi connectivity index (χ2v) is 2.31. The van der Waals surface area contributed by atoms with Crippen molar-refractivity contribution >= 4 is 0 Å². The maximum absolute atomic E-state index is 12.9. The number of aromatic nitrogens is 2. The fourth-order valence-corrected chi connectivity index (χ4v) is 0.773. The lowest BCUT2D eigenvalue weighted by molar-refractivity contribution is -0.0275. The molecule has 1 rings (SSSR count). The van der Waals surface area contributed by atoms with Gasteiger partial charge in [0.1, 0.15) is 6.33 Å². The number of aliphatic hydroxyl groups is 1. The first-order chi connectivity index (χ1) is 5.67. The van der Waals surface area contributed by atoms with Gasteiger partial charge >= 0.3 is 0 Å². The van der Waals surface area contributed by atoms with Crippen molar-refractivity contribution in [2.45, 2.75) is 12.3 Å². The summed E-state index contributed by atoms with van der Waals surface area (Å²) in [7, 11) is 0. The quantitative estimate of drug-likeness (QED) is 0.742. The van der Waals surface area contributed by atoms with Crippen LogP contribution in [0, 0.1) is 0 Å². The molecule has 0 fully saturated rings. The molecule has 0 radical (unpaired) electrons. The highest BCUT2D eigenvalue weighted by atomic mass is 19.3. The highest BCUT2D eigenvalue weighted by Crippen LogP contribution is 2.29. The topological polar surface area (TPSA) is 46.0 Å². The Bertz CT molecular complexity index is 240. The molecule has 0 aliphatic heterocycles. The SMILES string of the molecule is OCCC(F)(F)c1cncnc1. The van der Waals surface area contributed by atoms with Crippen molar-refractivity contribution in [3.05, 3.63) is 24.3 Å². The average Bonchev–Trinajstić information content (AvgIpc) is 2.06. The molecule has 0 saturated heterocycles. The van der Waals surface area contributed by atoms with Crippen molar-refractivity contribution in [1.82, 2.24) is 9.97 Å². The van der Waals surface area contributed by atoms with E-state index < -0.39 is 19.0 Å². The summed E-state index contributed by atoms with van der Waals surface area (Å²) in [4.78, 5) is 6.92. The lowest BCUT2D eigenvalue weighted by Crippen LogP contribution is -2.15. The van der Waals surface area contributed by atoms with Gasteiger partial charge < -0.3 is 5.11 Å². The molecule has 0 bridgehead atoms. The summed E-state index contributed by atoms with van der Waals surface area (Å²) in [6.45, 7) is -0.554. The molecule has 3 nitrogen and oxygen atoms in total. The molecule has 0 aromatic carbocycles. The zero-order valence-electron chi connectivity index (χ0n) is 6.24. The van der Waals surface area contributed by atoms with Gasteiger partial charge in [0.25, 0.3) is 5.92 Å². The predicted octanol–water partition coefficient (Wildman–Crippen LogP) is 0.951. The van der Waals surface area contributed by atoms with Gasteiger partial charge in [0.15, 0.2) is 0 Å². The average molecular weight is 174 g/mol. The number of alkyl halides is 2. The first-order valence-corrected chi connectivity index (χ1v) is 3.41. The normalized spacial score (nSPS) is 11.6. The smallest absolute Gasteiger partial charge is 0.278 e. The molecule has 1 aromatic heterocycles. The van der Waals surface area contributed by atoms with E-state index in [1.807, 2.05) is 0 Å². The third-order valence-electron chi connectivity index (χ3n) is 1.41. The molecule has 0 atom stereocenters. The lowest BCUT2D eigenvalue weighted by Gasteiger charge is -2.13. The van der Waals surface area contributed by atoms with E-state index in [4.69, 9.17) is 5.11 Å². The Morgan fingerprint density at radius 3 is 2.42 bits per heavy atom. The molecular formula is C7H8F2N2O. The minimum Gasteiger partial charge on any atom is -0.396 e. The number of aliphatic hydroxyl groups excluding tert-OH is 1. The Balaban J connectivity index is 2.82. The van der Waals surface area contributed by atoms with Crippen LogP contribution in [0.25, 0.3) is 0 Å². The van der Waals surface area contributed by atoms with Crippen LogP contribution in [-0.2, 0) is 5.92 Å². The Morgan fingerprint density at radius 1 is 1.33 bits per heavy atom. The Morgan fingerprint density at radius 2 is 1.92 bits per heavy atom. The van der Waals surface area contributed by atoms with Crippen LogP contribution in [0.3, 0.4) is 0 Å². The molecule has 66 valence electrons. The standard InChI is InChI=1S/C7H8F2N2O/c8-7(9,1-2-12)6-3-10-5-11-4-6/h3-5,12H,1-2H2. The summed E-state index contributed by atoms with van der Waals surface area (Å²) >= 11 is 0. The second kappa shape index (κ2) is 3.53. The predicted molar refractivity (Wildman–Crippen MR) is 37.6 cm³/mol. The first kappa shape index (κ1) is 8.99. The van der Waals surface area contributed by atoms with Crippen molar-refractivity contribution in [2.24, 2.45) is 0 Å². The number of hydrogen-bond donors (Lipinski definition) is 1. The van der Waals surface area contributed by atoms with Crippen molar-refractivity contribution in [2.75, 3.05) is 6.61 Å². The minimum atomic E-state index is -3.03. The van der Waals surface area contributed by atoms with Gasteiger partial charge in [0, 0.05) is 25.4 Å². The third-order valence-corrected chi connectivity index (χ3v) is 1.41. The van der Waals surface area contributed by atoms with E-state index in [0.717, 1.165) is 12.4 Å². The van der Waals surface area contributed by atoms with E-state index in [2.05, 4.69) is 9.97 Å². The molecule has 5 heteroatoms. The molecule has 0 saturated carbocycles. The van der Waals surface area contributed by atoms with Gasteiger partial charge in [-0.1, -0.05) is 0 Å². The van der Waals surface area contributed by atoms with Crippen molar-refractivity contribution in [1.29, 1.82) is 0 Å². The van der Waals surface area contributed by atoms with E-state index >= 15 is 0 Å². The summed E-state index contributed by atoms with van der Waals surface area (Å²) in [6.07, 6.45) is 2.67. The lowest BCUT2D eigenvalue weighted by atomic mass is 10.1. The van der Waals surface area contributed by atoms with Gasteiger partial charge in [-0.25, -0.2) is 18.7 Å².